The summed E-state index contributed by atoms with van der Waals surface area (Å²) in [6, 6.07) is 11.8. The topological polar surface area (TPSA) is 63.5 Å². The van der Waals surface area contributed by atoms with Gasteiger partial charge in [-0.15, -0.1) is 0 Å². The molecule has 0 aromatic heterocycles. The van der Waals surface area contributed by atoms with E-state index in [-0.39, 0.29) is 28.2 Å². The lowest BCUT2D eigenvalue weighted by Gasteiger charge is -2.22. The number of fused-ring (bicyclic) bond motifs is 1. The first-order valence-corrected chi connectivity index (χ1v) is 7.22. The molecule has 1 heterocycles. The molecule has 1 aliphatic heterocycles. The molecule has 22 heavy (non-hydrogen) atoms. The molecule has 0 unspecified atom stereocenters. The first-order chi connectivity index (χ1) is 10.5. The number of hydrogen-bond donors (Lipinski definition) is 0. The van der Waals surface area contributed by atoms with Crippen LogP contribution < -0.4 is 4.90 Å². The maximum absolute atomic E-state index is 12.8. The zero-order valence-corrected chi connectivity index (χ0v) is 12.6. The quantitative estimate of drug-likeness (QED) is 0.624. The number of nitrogens with zero attached hydrogens (tertiary/aromatic N) is 2. The number of nitro groups is 1. The minimum absolute atomic E-state index is 0.0136. The van der Waals surface area contributed by atoms with Gasteiger partial charge in [-0.1, -0.05) is 29.8 Å². The van der Waals surface area contributed by atoms with Crippen LogP contribution >= 0.6 is 11.6 Å². The van der Waals surface area contributed by atoms with E-state index < -0.39 is 4.92 Å². The fraction of sp³-hybridized carbons (Fsp3) is 0.188. The monoisotopic (exact) mass is 316 g/mol. The van der Waals surface area contributed by atoms with Crippen molar-refractivity contribution in [1.29, 1.82) is 0 Å². The third-order valence-electron chi connectivity index (χ3n) is 3.82. The zero-order valence-electron chi connectivity index (χ0n) is 11.8. The summed E-state index contributed by atoms with van der Waals surface area (Å²) in [4.78, 5) is 24.8. The summed E-state index contributed by atoms with van der Waals surface area (Å²) in [5.41, 5.74) is 1.97. The molecule has 1 aliphatic rings. The van der Waals surface area contributed by atoms with Gasteiger partial charge in [0, 0.05) is 23.4 Å². The van der Waals surface area contributed by atoms with Crippen LogP contribution in [0.2, 0.25) is 5.02 Å². The van der Waals surface area contributed by atoms with Crippen molar-refractivity contribution in [2.45, 2.75) is 19.4 Å². The highest BCUT2D eigenvalue weighted by molar-refractivity contribution is 6.32. The number of nitro benzene ring substituents is 1. The molecule has 3 rings (SSSR count). The van der Waals surface area contributed by atoms with E-state index in [0.29, 0.717) is 0 Å². The first kappa shape index (κ1) is 14.5. The fourth-order valence-corrected chi connectivity index (χ4v) is 2.99. The van der Waals surface area contributed by atoms with Crippen molar-refractivity contribution in [1.82, 2.24) is 0 Å². The molecule has 112 valence electrons. The van der Waals surface area contributed by atoms with E-state index in [1.807, 2.05) is 31.2 Å². The second kappa shape index (κ2) is 5.42. The molecule has 0 bridgehead atoms. The van der Waals surface area contributed by atoms with Gasteiger partial charge < -0.3 is 4.90 Å². The number of benzene rings is 2. The van der Waals surface area contributed by atoms with Crippen LogP contribution in [-0.2, 0) is 6.42 Å². The molecular weight excluding hydrogens is 304 g/mol. The highest BCUT2D eigenvalue weighted by Gasteiger charge is 2.32. The number of hydrogen-bond acceptors (Lipinski definition) is 3. The number of para-hydroxylation sites is 1. The molecule has 2 aromatic carbocycles. The Labute approximate surface area is 132 Å². The Kier molecular flexibility index (Phi) is 3.58. The molecule has 0 radical (unpaired) electrons. The molecule has 1 atom stereocenters. The number of anilines is 1. The highest BCUT2D eigenvalue weighted by atomic mass is 35.5. The van der Waals surface area contributed by atoms with E-state index in [1.165, 1.54) is 18.2 Å². The van der Waals surface area contributed by atoms with Gasteiger partial charge in [-0.2, -0.15) is 0 Å². The van der Waals surface area contributed by atoms with E-state index in [9.17, 15) is 14.9 Å². The largest absolute Gasteiger partial charge is 0.305 e. The molecular formula is C16H13ClN2O3. The molecule has 0 saturated heterocycles. The van der Waals surface area contributed by atoms with Crippen LogP contribution in [0.4, 0.5) is 11.4 Å². The average molecular weight is 317 g/mol. The average Bonchev–Trinajstić information content (AvgIpc) is 2.82. The molecule has 0 aliphatic carbocycles. The zero-order chi connectivity index (χ0) is 15.9. The molecule has 6 heteroatoms. The van der Waals surface area contributed by atoms with Crippen LogP contribution in [0.5, 0.6) is 0 Å². The lowest BCUT2D eigenvalue weighted by atomic mass is 10.1. The van der Waals surface area contributed by atoms with Gasteiger partial charge in [-0.05, 0) is 37.1 Å². The molecule has 0 spiro atoms. The van der Waals surface area contributed by atoms with Gasteiger partial charge in [0.15, 0.2) is 0 Å². The summed E-state index contributed by atoms with van der Waals surface area (Å²) in [5, 5.41) is 11.0. The third kappa shape index (κ3) is 2.33. The van der Waals surface area contributed by atoms with E-state index in [4.69, 9.17) is 11.6 Å². The van der Waals surface area contributed by atoms with Crippen LogP contribution in [0.25, 0.3) is 0 Å². The summed E-state index contributed by atoms with van der Waals surface area (Å²) in [7, 11) is 0. The predicted octanol–water partition coefficient (Wildman–Crippen LogP) is 3.84. The van der Waals surface area contributed by atoms with Gasteiger partial charge in [-0.3, -0.25) is 14.9 Å². The van der Waals surface area contributed by atoms with Crippen LogP contribution in [0.1, 0.15) is 22.8 Å². The molecule has 2 aromatic rings. The molecule has 0 N–H and O–H groups in total. The Morgan fingerprint density at radius 1 is 1.32 bits per heavy atom. The highest BCUT2D eigenvalue weighted by Crippen LogP contribution is 2.34. The minimum atomic E-state index is -0.583. The fourth-order valence-electron chi connectivity index (χ4n) is 2.80. The molecule has 5 nitrogen and oxygen atoms in total. The Morgan fingerprint density at radius 3 is 2.77 bits per heavy atom. The van der Waals surface area contributed by atoms with E-state index >= 15 is 0 Å². The Balaban J connectivity index is 2.02. The van der Waals surface area contributed by atoms with Crippen molar-refractivity contribution < 1.29 is 9.72 Å². The Bertz CT molecular complexity index is 776. The van der Waals surface area contributed by atoms with E-state index in [1.54, 1.807) is 4.90 Å². The van der Waals surface area contributed by atoms with E-state index in [2.05, 4.69) is 0 Å². The maximum atomic E-state index is 12.8. The van der Waals surface area contributed by atoms with Crippen molar-refractivity contribution in [3.05, 3.63) is 68.7 Å². The van der Waals surface area contributed by atoms with Crippen LogP contribution in [0.15, 0.2) is 42.5 Å². The summed E-state index contributed by atoms with van der Waals surface area (Å²) in [6.45, 7) is 1.96. The smallest absolute Gasteiger partial charge is 0.288 e. The Hall–Kier alpha value is -2.40. The molecule has 0 fully saturated rings. The predicted molar refractivity (Wildman–Crippen MR) is 84.5 cm³/mol. The maximum Gasteiger partial charge on any atom is 0.288 e. The van der Waals surface area contributed by atoms with Gasteiger partial charge in [0.2, 0.25) is 0 Å². The molecule has 0 saturated carbocycles. The number of amides is 1. The van der Waals surface area contributed by atoms with Crippen molar-refractivity contribution in [2.75, 3.05) is 4.90 Å². The van der Waals surface area contributed by atoms with Crippen LogP contribution in [0, 0.1) is 10.1 Å². The number of carbonyl (C=O) groups excluding carboxylic acids is 1. The summed E-state index contributed by atoms with van der Waals surface area (Å²) in [5.74, 6) is -0.253. The SMILES string of the molecule is C[C@H]1Cc2ccccc2N1C(=O)c1ccc(Cl)c([N+](=O)[O-])c1. The van der Waals surface area contributed by atoms with Crippen molar-refractivity contribution in [3.63, 3.8) is 0 Å². The number of carbonyl (C=O) groups is 1. The van der Waals surface area contributed by atoms with Gasteiger partial charge in [0.05, 0.1) is 4.92 Å². The lowest BCUT2D eigenvalue weighted by molar-refractivity contribution is -0.384. The molecule has 1 amide bonds. The van der Waals surface area contributed by atoms with Crippen LogP contribution in [-0.4, -0.2) is 16.9 Å². The van der Waals surface area contributed by atoms with E-state index in [0.717, 1.165) is 17.7 Å². The van der Waals surface area contributed by atoms with Crippen LogP contribution in [0.3, 0.4) is 0 Å². The Morgan fingerprint density at radius 2 is 2.05 bits per heavy atom. The second-order valence-electron chi connectivity index (χ2n) is 5.28. The van der Waals surface area contributed by atoms with Crippen molar-refractivity contribution in [2.24, 2.45) is 0 Å². The number of halogens is 1. The lowest BCUT2D eigenvalue weighted by Crippen LogP contribution is -2.35. The third-order valence-corrected chi connectivity index (χ3v) is 4.14. The van der Waals surface area contributed by atoms with Crippen molar-refractivity contribution in [3.8, 4) is 0 Å². The van der Waals surface area contributed by atoms with Gasteiger partial charge in [0.1, 0.15) is 5.02 Å². The first-order valence-electron chi connectivity index (χ1n) is 6.84. The second-order valence-corrected chi connectivity index (χ2v) is 5.69. The normalized spacial score (nSPS) is 16.5. The summed E-state index contributed by atoms with van der Waals surface area (Å²) < 4.78 is 0. The minimum Gasteiger partial charge on any atom is -0.305 e. The summed E-state index contributed by atoms with van der Waals surface area (Å²) in [6.07, 6.45) is 0.775. The van der Waals surface area contributed by atoms with Gasteiger partial charge in [0.25, 0.3) is 11.6 Å². The number of rotatable bonds is 2. The summed E-state index contributed by atoms with van der Waals surface area (Å²) >= 11 is 5.80. The van der Waals surface area contributed by atoms with Gasteiger partial charge >= 0.3 is 0 Å². The van der Waals surface area contributed by atoms with Gasteiger partial charge in [-0.25, -0.2) is 0 Å². The standard InChI is InChI=1S/C16H13ClN2O3/c1-10-8-11-4-2-3-5-14(11)18(10)16(20)12-6-7-13(17)15(9-12)19(21)22/h2-7,9-10H,8H2,1H3/t10-/m0/s1. The van der Waals surface area contributed by atoms with Crippen molar-refractivity contribution >= 4 is 28.9 Å².